The van der Waals surface area contributed by atoms with Crippen LogP contribution < -0.4 is 0 Å². The zero-order valence-corrected chi connectivity index (χ0v) is 23.3. The lowest BCUT2D eigenvalue weighted by molar-refractivity contribution is -0.283. The van der Waals surface area contributed by atoms with E-state index < -0.39 is 61.2 Å². The van der Waals surface area contributed by atoms with Crippen LogP contribution in [0.1, 0.15) is 41.4 Å². The van der Waals surface area contributed by atoms with Gasteiger partial charge in [0.05, 0.1) is 22.3 Å². The van der Waals surface area contributed by atoms with Crippen LogP contribution in [0.15, 0.2) is 121 Å². The van der Waals surface area contributed by atoms with Crippen molar-refractivity contribution in [2.45, 2.75) is 30.7 Å². The molecule has 0 aliphatic carbocycles. The monoisotopic (exact) mass is 596 g/mol. The summed E-state index contributed by atoms with van der Waals surface area (Å²) in [5.74, 6) is -3.22. The zero-order valence-electron chi connectivity index (χ0n) is 23.3. The highest BCUT2D eigenvalue weighted by atomic mass is 16.7. The highest BCUT2D eigenvalue weighted by Crippen LogP contribution is 2.30. The third-order valence-electron chi connectivity index (χ3n) is 6.74. The average Bonchev–Trinajstić information content (AvgIpc) is 3.08. The number of ether oxygens (including phenoxy) is 5. The molecule has 0 bridgehead atoms. The van der Waals surface area contributed by atoms with E-state index in [1.54, 1.807) is 84.9 Å². The van der Waals surface area contributed by atoms with Gasteiger partial charge >= 0.3 is 23.9 Å². The van der Waals surface area contributed by atoms with Crippen molar-refractivity contribution in [2.75, 3.05) is 6.61 Å². The summed E-state index contributed by atoms with van der Waals surface area (Å²) < 4.78 is 28.3. The van der Waals surface area contributed by atoms with E-state index >= 15 is 0 Å². The van der Waals surface area contributed by atoms with Gasteiger partial charge in [-0.25, -0.2) is 19.2 Å². The highest BCUT2D eigenvalue weighted by molar-refractivity contribution is 5.91. The Morgan fingerprint density at radius 1 is 0.523 bits per heavy atom. The number of rotatable bonds is 9. The van der Waals surface area contributed by atoms with Crippen molar-refractivity contribution in [3.8, 4) is 0 Å². The van der Waals surface area contributed by atoms with Gasteiger partial charge < -0.3 is 28.8 Å². The molecule has 5 atom stereocenters. The molecular formula is C34H28O10. The number of aliphatic hydroxyl groups is 1. The van der Waals surface area contributed by atoms with Gasteiger partial charge in [-0.05, 0) is 48.5 Å². The Kier molecular flexibility index (Phi) is 9.75. The first-order valence-corrected chi connectivity index (χ1v) is 13.7. The lowest BCUT2D eigenvalue weighted by atomic mass is 9.98. The minimum atomic E-state index is -1.67. The van der Waals surface area contributed by atoms with Gasteiger partial charge in [-0.1, -0.05) is 72.8 Å². The molecule has 1 aliphatic heterocycles. The van der Waals surface area contributed by atoms with Gasteiger partial charge in [0.2, 0.25) is 12.4 Å². The second-order valence-electron chi connectivity index (χ2n) is 9.74. The minimum Gasteiger partial charge on any atom is -0.459 e. The summed E-state index contributed by atoms with van der Waals surface area (Å²) in [7, 11) is 0. The number of carbonyl (C=O) groups excluding carboxylic acids is 4. The second-order valence-corrected chi connectivity index (χ2v) is 9.74. The first-order chi connectivity index (χ1) is 21.4. The number of hydrogen-bond acceptors (Lipinski definition) is 10. The quantitative estimate of drug-likeness (QED) is 0.221. The molecule has 1 N–H and O–H groups in total. The Labute approximate surface area is 252 Å². The van der Waals surface area contributed by atoms with Crippen molar-refractivity contribution in [1.29, 1.82) is 0 Å². The van der Waals surface area contributed by atoms with Crippen molar-refractivity contribution >= 4 is 23.9 Å². The van der Waals surface area contributed by atoms with Gasteiger partial charge in [0.15, 0.2) is 6.10 Å². The van der Waals surface area contributed by atoms with Crippen LogP contribution in [0.4, 0.5) is 0 Å². The molecule has 0 aromatic heterocycles. The van der Waals surface area contributed by atoms with Crippen molar-refractivity contribution in [2.24, 2.45) is 0 Å². The summed E-state index contributed by atoms with van der Waals surface area (Å²) >= 11 is 0. The molecule has 10 nitrogen and oxygen atoms in total. The zero-order chi connectivity index (χ0) is 30.9. The van der Waals surface area contributed by atoms with E-state index in [1.165, 1.54) is 36.4 Å². The molecule has 44 heavy (non-hydrogen) atoms. The number of carbonyl (C=O) groups is 4. The maximum atomic E-state index is 13.2. The lowest BCUT2D eigenvalue weighted by Crippen LogP contribution is -2.62. The van der Waals surface area contributed by atoms with Crippen LogP contribution >= 0.6 is 0 Å². The summed E-state index contributed by atoms with van der Waals surface area (Å²) in [4.78, 5) is 52.1. The Hall–Kier alpha value is -5.32. The molecule has 10 heteroatoms. The van der Waals surface area contributed by atoms with Gasteiger partial charge in [-0.3, -0.25) is 0 Å². The van der Waals surface area contributed by atoms with Crippen LogP contribution in [-0.2, 0) is 23.7 Å². The van der Waals surface area contributed by atoms with Crippen LogP contribution in [0.25, 0.3) is 0 Å². The molecule has 4 aromatic rings. The van der Waals surface area contributed by atoms with Gasteiger partial charge in [0, 0.05) is 0 Å². The molecule has 1 saturated heterocycles. The van der Waals surface area contributed by atoms with Crippen molar-refractivity contribution in [3.63, 3.8) is 0 Å². The normalized spacial score (nSPS) is 21.0. The molecule has 0 radical (unpaired) electrons. The Morgan fingerprint density at radius 2 is 0.886 bits per heavy atom. The molecule has 0 spiro atoms. The third-order valence-corrected chi connectivity index (χ3v) is 6.74. The SMILES string of the molecule is O=C(OCC1O[C@H](OC(=O)c2ccccc2)C(OC(=O)c2ccccc2)[C@@H](OC(=O)c2ccccc2)[C@@H]1O)c1ccccc1. The molecule has 1 aliphatic rings. The highest BCUT2D eigenvalue weighted by Gasteiger charge is 2.52. The van der Waals surface area contributed by atoms with Gasteiger partial charge in [-0.15, -0.1) is 0 Å². The summed E-state index contributed by atoms with van der Waals surface area (Å²) in [5, 5.41) is 11.4. The Morgan fingerprint density at radius 3 is 1.32 bits per heavy atom. The van der Waals surface area contributed by atoms with Crippen LogP contribution in [0.5, 0.6) is 0 Å². The van der Waals surface area contributed by atoms with Crippen LogP contribution in [-0.4, -0.2) is 66.3 Å². The fourth-order valence-electron chi connectivity index (χ4n) is 4.48. The number of benzene rings is 4. The topological polar surface area (TPSA) is 135 Å². The van der Waals surface area contributed by atoms with Gasteiger partial charge in [0.25, 0.3) is 0 Å². The molecule has 2 unspecified atom stereocenters. The summed E-state index contributed by atoms with van der Waals surface area (Å²) in [6.45, 7) is -0.507. The van der Waals surface area contributed by atoms with E-state index in [1.807, 2.05) is 0 Å². The predicted octanol–water partition coefficient (Wildman–Crippen LogP) is 4.24. The Balaban J connectivity index is 1.46. The van der Waals surface area contributed by atoms with E-state index in [9.17, 15) is 24.3 Å². The largest absolute Gasteiger partial charge is 0.459 e. The summed E-state index contributed by atoms with van der Waals surface area (Å²) in [6.07, 6.45) is -7.91. The van der Waals surface area contributed by atoms with Gasteiger partial charge in [0.1, 0.15) is 18.8 Å². The first kappa shape index (κ1) is 30.1. The van der Waals surface area contributed by atoms with Crippen molar-refractivity contribution < 1.29 is 48.0 Å². The van der Waals surface area contributed by atoms with Crippen LogP contribution in [0.3, 0.4) is 0 Å². The van der Waals surface area contributed by atoms with E-state index in [4.69, 9.17) is 23.7 Å². The first-order valence-electron chi connectivity index (χ1n) is 13.7. The molecule has 1 fully saturated rings. The van der Waals surface area contributed by atoms with E-state index in [0.717, 1.165) is 0 Å². The number of esters is 4. The number of aliphatic hydroxyl groups excluding tert-OH is 1. The maximum absolute atomic E-state index is 13.2. The van der Waals surface area contributed by atoms with E-state index in [0.29, 0.717) is 0 Å². The molecular weight excluding hydrogens is 568 g/mol. The third kappa shape index (κ3) is 7.35. The molecule has 224 valence electrons. The van der Waals surface area contributed by atoms with Crippen molar-refractivity contribution in [3.05, 3.63) is 144 Å². The fourth-order valence-corrected chi connectivity index (χ4v) is 4.48. The fraction of sp³-hybridized carbons (Fsp3) is 0.176. The number of hydrogen-bond donors (Lipinski definition) is 1. The standard InChI is InChI=1S/C34H28O10/c35-27-26(21-40-30(36)22-13-5-1-6-14-22)41-34(44-33(39)25-19-11-4-12-20-25)29(43-32(38)24-17-9-3-10-18-24)28(27)42-31(37)23-15-7-2-8-16-23/h1-20,26-29,34-35H,21H2/t26?,27-,28+,29?,34-/m1/s1. The molecule has 4 aromatic carbocycles. The van der Waals surface area contributed by atoms with Crippen LogP contribution in [0, 0.1) is 0 Å². The van der Waals surface area contributed by atoms with E-state index in [-0.39, 0.29) is 22.3 Å². The summed E-state index contributed by atoms with van der Waals surface area (Å²) in [5.41, 5.74) is 0.734. The Bertz CT molecular complexity index is 1560. The maximum Gasteiger partial charge on any atom is 0.340 e. The molecule has 0 amide bonds. The second kappa shape index (κ2) is 14.2. The summed E-state index contributed by atoms with van der Waals surface area (Å²) in [6, 6.07) is 32.1. The predicted molar refractivity (Wildman–Crippen MR) is 155 cm³/mol. The van der Waals surface area contributed by atoms with Crippen molar-refractivity contribution in [1.82, 2.24) is 0 Å². The minimum absolute atomic E-state index is 0.155. The lowest BCUT2D eigenvalue weighted by Gasteiger charge is -2.42. The smallest absolute Gasteiger partial charge is 0.340 e. The van der Waals surface area contributed by atoms with Crippen LogP contribution in [0.2, 0.25) is 0 Å². The molecule has 1 heterocycles. The van der Waals surface area contributed by atoms with Gasteiger partial charge in [-0.2, -0.15) is 0 Å². The van der Waals surface area contributed by atoms with E-state index in [2.05, 4.69) is 0 Å². The average molecular weight is 597 g/mol. The molecule has 5 rings (SSSR count). The molecule has 0 saturated carbocycles.